The van der Waals surface area contributed by atoms with E-state index in [1.807, 2.05) is 0 Å². The van der Waals surface area contributed by atoms with Gasteiger partial charge in [-0.05, 0) is 42.0 Å². The maximum Gasteiger partial charge on any atom is 0.334 e. The predicted octanol–water partition coefficient (Wildman–Crippen LogP) is 3.43. The van der Waals surface area contributed by atoms with Crippen LogP contribution in [0.25, 0.3) is 0 Å². The van der Waals surface area contributed by atoms with Crippen molar-refractivity contribution in [2.24, 2.45) is 0 Å². The number of hydrogen-bond acceptors (Lipinski definition) is 4. The summed E-state index contributed by atoms with van der Waals surface area (Å²) in [6, 6.07) is 23.1. The molecule has 31 heavy (non-hydrogen) atoms. The minimum Gasteiger partial charge on any atom is -0.497 e. The summed E-state index contributed by atoms with van der Waals surface area (Å²) in [6.45, 7) is 0. The first-order valence-electron chi connectivity index (χ1n) is 9.55. The van der Waals surface area contributed by atoms with Crippen molar-refractivity contribution in [3.8, 4) is 5.75 Å². The lowest BCUT2D eigenvalue weighted by molar-refractivity contribution is -0.147. The molecular weight excluding hydrogens is 396 g/mol. The number of ether oxygens (including phenoxy) is 1. The van der Waals surface area contributed by atoms with Crippen molar-refractivity contribution >= 4 is 23.5 Å². The van der Waals surface area contributed by atoms with Gasteiger partial charge >= 0.3 is 5.97 Å². The van der Waals surface area contributed by atoms with E-state index in [4.69, 9.17) is 4.74 Å². The van der Waals surface area contributed by atoms with Crippen LogP contribution in [0.15, 0.2) is 84.9 Å². The molecule has 0 saturated heterocycles. The fourth-order valence-corrected chi connectivity index (χ4v) is 3.17. The lowest BCUT2D eigenvalue weighted by Gasteiger charge is -2.30. The average Bonchev–Trinajstić information content (AvgIpc) is 2.80. The van der Waals surface area contributed by atoms with Gasteiger partial charge < -0.3 is 20.5 Å². The van der Waals surface area contributed by atoms with Crippen molar-refractivity contribution in [3.05, 3.63) is 96.1 Å². The summed E-state index contributed by atoms with van der Waals surface area (Å²) < 4.78 is 5.09. The van der Waals surface area contributed by atoms with Crippen LogP contribution in [0.4, 0.5) is 5.69 Å². The van der Waals surface area contributed by atoms with E-state index in [0.717, 1.165) is 0 Å². The van der Waals surface area contributed by atoms with Gasteiger partial charge in [-0.25, -0.2) is 4.79 Å². The summed E-state index contributed by atoms with van der Waals surface area (Å²) in [6.07, 6.45) is -0.503. The van der Waals surface area contributed by atoms with Gasteiger partial charge in [-0.3, -0.25) is 9.59 Å². The summed E-state index contributed by atoms with van der Waals surface area (Å²) in [5.74, 6) is -1.88. The molecule has 0 aliphatic rings. The highest BCUT2D eigenvalue weighted by atomic mass is 16.5. The van der Waals surface area contributed by atoms with Crippen LogP contribution in [0.5, 0.6) is 5.75 Å². The first kappa shape index (κ1) is 21.6. The molecular formula is C24H22N2O5. The first-order chi connectivity index (χ1) is 14.9. The third-order valence-corrected chi connectivity index (χ3v) is 4.79. The quantitative estimate of drug-likeness (QED) is 0.520. The number of hydrogen-bond donors (Lipinski definition) is 3. The number of carboxylic acid groups (broad SMARTS) is 1. The van der Waals surface area contributed by atoms with Crippen LogP contribution in [0.2, 0.25) is 0 Å². The van der Waals surface area contributed by atoms with E-state index in [0.29, 0.717) is 17.0 Å². The molecule has 0 saturated carbocycles. The largest absolute Gasteiger partial charge is 0.497 e. The van der Waals surface area contributed by atoms with Gasteiger partial charge in [0.25, 0.3) is 5.91 Å². The Morgan fingerprint density at radius 2 is 1.45 bits per heavy atom. The monoisotopic (exact) mass is 418 g/mol. The Balaban J connectivity index is 1.91. The second-order valence-electron chi connectivity index (χ2n) is 6.85. The molecule has 1 atom stereocenters. The number of benzene rings is 3. The van der Waals surface area contributed by atoms with Gasteiger partial charge in [0.15, 0.2) is 5.54 Å². The molecule has 0 aliphatic heterocycles. The van der Waals surface area contributed by atoms with Crippen molar-refractivity contribution in [2.45, 2.75) is 12.0 Å². The van der Waals surface area contributed by atoms with Gasteiger partial charge in [-0.2, -0.15) is 0 Å². The van der Waals surface area contributed by atoms with E-state index in [9.17, 15) is 19.5 Å². The van der Waals surface area contributed by atoms with E-state index in [2.05, 4.69) is 10.6 Å². The number of carbonyl (C=O) groups is 3. The number of aliphatic carboxylic acids is 1. The number of carbonyl (C=O) groups excluding carboxylic acids is 2. The number of amides is 2. The van der Waals surface area contributed by atoms with Crippen LogP contribution in [0, 0.1) is 0 Å². The van der Waals surface area contributed by atoms with Crippen LogP contribution in [-0.4, -0.2) is 30.0 Å². The van der Waals surface area contributed by atoms with Gasteiger partial charge in [-0.1, -0.05) is 48.5 Å². The first-order valence-corrected chi connectivity index (χ1v) is 9.55. The normalized spacial score (nSPS) is 12.3. The van der Waals surface area contributed by atoms with Crippen LogP contribution >= 0.6 is 0 Å². The topological polar surface area (TPSA) is 105 Å². The van der Waals surface area contributed by atoms with Gasteiger partial charge in [0, 0.05) is 11.3 Å². The third kappa shape index (κ3) is 5.08. The van der Waals surface area contributed by atoms with E-state index >= 15 is 0 Å². The van der Waals surface area contributed by atoms with E-state index in [-0.39, 0.29) is 5.56 Å². The van der Waals surface area contributed by atoms with E-state index in [1.165, 1.54) is 7.11 Å². The van der Waals surface area contributed by atoms with Crippen LogP contribution in [-0.2, 0) is 15.1 Å². The van der Waals surface area contributed by atoms with Gasteiger partial charge in [0.05, 0.1) is 13.5 Å². The second-order valence-corrected chi connectivity index (χ2v) is 6.85. The Labute approximate surface area is 179 Å². The summed E-state index contributed by atoms with van der Waals surface area (Å²) >= 11 is 0. The van der Waals surface area contributed by atoms with Gasteiger partial charge in [0.1, 0.15) is 5.75 Å². The Kier molecular flexibility index (Phi) is 6.67. The fourth-order valence-electron chi connectivity index (χ4n) is 3.17. The predicted molar refractivity (Wildman–Crippen MR) is 116 cm³/mol. The van der Waals surface area contributed by atoms with Crippen molar-refractivity contribution in [3.63, 3.8) is 0 Å². The molecule has 3 rings (SSSR count). The average molecular weight is 418 g/mol. The molecule has 0 radical (unpaired) electrons. The molecule has 7 heteroatoms. The Hall–Kier alpha value is -4.13. The smallest absolute Gasteiger partial charge is 0.334 e. The van der Waals surface area contributed by atoms with Gasteiger partial charge in [-0.15, -0.1) is 0 Å². The van der Waals surface area contributed by atoms with Crippen molar-refractivity contribution in [2.75, 3.05) is 12.4 Å². The zero-order valence-corrected chi connectivity index (χ0v) is 16.9. The molecule has 1 unspecified atom stereocenters. The molecule has 7 nitrogen and oxygen atoms in total. The molecule has 0 spiro atoms. The molecule has 0 fully saturated rings. The Morgan fingerprint density at radius 1 is 0.871 bits per heavy atom. The lowest BCUT2D eigenvalue weighted by Crippen LogP contribution is -2.53. The number of rotatable bonds is 8. The Morgan fingerprint density at radius 3 is 2.00 bits per heavy atom. The zero-order valence-electron chi connectivity index (χ0n) is 16.9. The summed E-state index contributed by atoms with van der Waals surface area (Å²) in [5.41, 5.74) is -0.895. The molecule has 0 aromatic heterocycles. The summed E-state index contributed by atoms with van der Waals surface area (Å²) in [4.78, 5) is 38.1. The van der Waals surface area contributed by atoms with Crippen molar-refractivity contribution < 1.29 is 24.2 Å². The van der Waals surface area contributed by atoms with E-state index in [1.54, 1.807) is 84.9 Å². The van der Waals surface area contributed by atoms with Crippen LogP contribution in [0.1, 0.15) is 22.3 Å². The van der Waals surface area contributed by atoms with Crippen molar-refractivity contribution in [1.82, 2.24) is 5.32 Å². The number of carboxylic acids is 1. The van der Waals surface area contributed by atoms with Crippen molar-refractivity contribution in [1.29, 1.82) is 0 Å². The Bertz CT molecular complexity index is 1050. The molecule has 0 bridgehead atoms. The van der Waals surface area contributed by atoms with Crippen LogP contribution < -0.4 is 15.4 Å². The highest BCUT2D eigenvalue weighted by molar-refractivity contribution is 6.01. The molecule has 0 aliphatic carbocycles. The summed E-state index contributed by atoms with van der Waals surface area (Å²) in [5, 5.41) is 15.4. The molecule has 0 heterocycles. The fraction of sp³-hybridized carbons (Fsp3) is 0.125. The molecule has 2 amide bonds. The minimum atomic E-state index is -1.95. The molecule has 3 N–H and O–H groups in total. The minimum absolute atomic E-state index is 0.289. The highest BCUT2D eigenvalue weighted by Crippen LogP contribution is 2.27. The maximum atomic E-state index is 12.8. The molecule has 3 aromatic rings. The number of nitrogens with one attached hydrogen (secondary N) is 2. The van der Waals surface area contributed by atoms with E-state index < -0.39 is 29.7 Å². The second kappa shape index (κ2) is 9.58. The van der Waals surface area contributed by atoms with Crippen LogP contribution in [0.3, 0.4) is 0 Å². The zero-order chi connectivity index (χ0) is 22.3. The molecule has 3 aromatic carbocycles. The maximum absolute atomic E-state index is 12.8. The standard InChI is InChI=1S/C24H22N2O5/c1-31-20-14-12-19(13-15-20)25-21(27)16-24(23(29)30,18-10-6-3-7-11-18)26-22(28)17-8-4-2-5-9-17/h2-15H,16H2,1H3,(H,25,27)(H,26,28)(H,29,30). The number of anilines is 1. The number of methoxy groups -OCH3 is 1. The molecule has 158 valence electrons. The summed E-state index contributed by atoms with van der Waals surface area (Å²) in [7, 11) is 1.53. The third-order valence-electron chi connectivity index (χ3n) is 4.79. The van der Waals surface area contributed by atoms with Gasteiger partial charge in [0.2, 0.25) is 5.91 Å². The highest BCUT2D eigenvalue weighted by Gasteiger charge is 2.44. The lowest BCUT2D eigenvalue weighted by atomic mass is 9.85. The SMILES string of the molecule is COc1ccc(NC(=O)CC(NC(=O)c2ccccc2)(C(=O)O)c2ccccc2)cc1.